The molecule has 2 aliphatic heterocycles. The molecule has 0 amide bonds. The van der Waals surface area contributed by atoms with Crippen LogP contribution >= 0.6 is 0 Å². The molecule has 4 heterocycles. The fraction of sp³-hybridized carbons (Fsp3) is 0.386. The standard InChI is InChI=1S/C22H28N2O4.C18H19NO4.C4H9NO/c1-2-27-22(25)9-8-20-6-4-10-24(20)13-16-28-21-7-3-5-19(17-21)18-23-11-14-26-15-12-23;1-2-22-18(21)9-8-16-6-4-10-19(16)11-12-23-17-7-3-5-15(13-17)14-20;1-3-6-4-2-5-1/h3-10,17H,2,11-16,18H2,1H3;3-10,13-14H,2,11-12H2,1H3;5H,1-4H2/b2*9-8+;. The van der Waals surface area contributed by atoms with E-state index in [9.17, 15) is 14.4 Å². The number of ether oxygens (including phenoxy) is 6. The highest BCUT2D eigenvalue weighted by molar-refractivity contribution is 5.87. The van der Waals surface area contributed by atoms with Crippen LogP contribution in [0.1, 0.15) is 41.2 Å². The van der Waals surface area contributed by atoms with Crippen LogP contribution in [0.25, 0.3) is 12.2 Å². The Morgan fingerprint density at radius 1 is 0.702 bits per heavy atom. The van der Waals surface area contributed by atoms with Crippen molar-refractivity contribution >= 4 is 30.4 Å². The van der Waals surface area contributed by atoms with Gasteiger partial charge >= 0.3 is 11.9 Å². The van der Waals surface area contributed by atoms with Gasteiger partial charge in [0.15, 0.2) is 0 Å². The van der Waals surface area contributed by atoms with E-state index in [-0.39, 0.29) is 11.9 Å². The number of esters is 2. The molecule has 2 fully saturated rings. The van der Waals surface area contributed by atoms with E-state index in [0.29, 0.717) is 50.8 Å². The Kier molecular flexibility index (Phi) is 20.5. The lowest BCUT2D eigenvalue weighted by Gasteiger charge is -2.26. The summed E-state index contributed by atoms with van der Waals surface area (Å²) in [5.41, 5.74) is 3.67. The Morgan fingerprint density at radius 3 is 1.75 bits per heavy atom. The second kappa shape index (κ2) is 26.4. The third kappa shape index (κ3) is 17.5. The fourth-order valence-electron chi connectivity index (χ4n) is 5.72. The summed E-state index contributed by atoms with van der Waals surface area (Å²) in [6.45, 7) is 14.9. The van der Waals surface area contributed by atoms with Crippen molar-refractivity contribution in [1.82, 2.24) is 19.4 Å². The molecule has 0 radical (unpaired) electrons. The summed E-state index contributed by atoms with van der Waals surface area (Å²) in [6, 6.07) is 23.0. The number of nitrogens with one attached hydrogen (secondary N) is 1. The molecule has 2 aliphatic rings. The summed E-state index contributed by atoms with van der Waals surface area (Å²) in [5, 5.41) is 3.16. The summed E-state index contributed by atoms with van der Waals surface area (Å²) in [6.07, 6.45) is 11.0. The normalized spacial score (nSPS) is 14.2. The SMILES string of the molecule is C1COCCN1.CCOC(=O)/C=C/c1cccn1CCOc1cccc(C=O)c1.CCOC(=O)/C=C/c1cccn1CCOc1cccc(CN2CCOCC2)c1. The third-order valence-electron chi connectivity index (χ3n) is 8.53. The average molecular weight is 785 g/mol. The van der Waals surface area contributed by atoms with Crippen molar-refractivity contribution in [3.05, 3.63) is 120 Å². The van der Waals surface area contributed by atoms with Crippen molar-refractivity contribution < 1.29 is 42.8 Å². The van der Waals surface area contributed by atoms with E-state index in [1.165, 1.54) is 17.7 Å². The number of hydrogen-bond donors (Lipinski definition) is 1. The van der Waals surface area contributed by atoms with E-state index in [2.05, 4.69) is 22.3 Å². The largest absolute Gasteiger partial charge is 0.492 e. The smallest absolute Gasteiger partial charge is 0.330 e. The first-order valence-corrected chi connectivity index (χ1v) is 19.5. The zero-order chi connectivity index (χ0) is 40.3. The lowest BCUT2D eigenvalue weighted by molar-refractivity contribution is -0.138. The Hall–Kier alpha value is -5.47. The molecule has 57 heavy (non-hydrogen) atoms. The van der Waals surface area contributed by atoms with Crippen LogP contribution in [0, 0.1) is 0 Å². The quantitative estimate of drug-likeness (QED) is 0.0823. The van der Waals surface area contributed by atoms with E-state index < -0.39 is 0 Å². The van der Waals surface area contributed by atoms with E-state index >= 15 is 0 Å². The van der Waals surface area contributed by atoms with Crippen LogP contribution in [0.2, 0.25) is 0 Å². The number of rotatable bonds is 17. The summed E-state index contributed by atoms with van der Waals surface area (Å²) < 4.78 is 35.8. The minimum atomic E-state index is -0.359. The van der Waals surface area contributed by atoms with Crippen LogP contribution in [0.5, 0.6) is 11.5 Å². The van der Waals surface area contributed by atoms with E-state index in [1.54, 1.807) is 44.2 Å². The van der Waals surface area contributed by atoms with Crippen LogP contribution in [-0.4, -0.2) is 111 Å². The maximum Gasteiger partial charge on any atom is 0.330 e. The molecule has 0 spiro atoms. The lowest BCUT2D eigenvalue weighted by Crippen LogP contribution is -2.35. The Bertz CT molecular complexity index is 1810. The molecule has 0 unspecified atom stereocenters. The third-order valence-corrected chi connectivity index (χ3v) is 8.53. The van der Waals surface area contributed by atoms with Gasteiger partial charge in [-0.05, 0) is 80.1 Å². The molecule has 4 aromatic rings. The van der Waals surface area contributed by atoms with Crippen LogP contribution in [0.4, 0.5) is 0 Å². The molecule has 13 nitrogen and oxygen atoms in total. The molecule has 0 bridgehead atoms. The molecule has 6 rings (SSSR count). The van der Waals surface area contributed by atoms with Gasteiger partial charge in [0.2, 0.25) is 0 Å². The minimum absolute atomic E-state index is 0.330. The molecular formula is C44H56N4O9. The van der Waals surface area contributed by atoms with Crippen molar-refractivity contribution in [3.63, 3.8) is 0 Å². The summed E-state index contributed by atoms with van der Waals surface area (Å²) in [4.78, 5) is 35.9. The topological polar surface area (TPSA) is 132 Å². The zero-order valence-corrected chi connectivity index (χ0v) is 33.1. The highest BCUT2D eigenvalue weighted by Crippen LogP contribution is 2.17. The Labute approximate surface area is 335 Å². The van der Waals surface area contributed by atoms with E-state index in [4.69, 9.17) is 28.4 Å². The molecule has 13 heteroatoms. The van der Waals surface area contributed by atoms with Crippen LogP contribution < -0.4 is 14.8 Å². The Morgan fingerprint density at radius 2 is 1.25 bits per heavy atom. The van der Waals surface area contributed by atoms with E-state index in [0.717, 1.165) is 82.6 Å². The van der Waals surface area contributed by atoms with Crippen LogP contribution in [0.3, 0.4) is 0 Å². The van der Waals surface area contributed by atoms with Crippen molar-refractivity contribution in [3.8, 4) is 11.5 Å². The van der Waals surface area contributed by atoms with Gasteiger partial charge in [-0.25, -0.2) is 9.59 Å². The molecular weight excluding hydrogens is 729 g/mol. The number of carbonyl (C=O) groups is 3. The maximum absolute atomic E-state index is 11.5. The minimum Gasteiger partial charge on any atom is -0.492 e. The van der Waals surface area contributed by atoms with Gasteiger partial charge in [-0.3, -0.25) is 9.69 Å². The second-order valence-corrected chi connectivity index (χ2v) is 12.7. The first-order chi connectivity index (χ1) is 28.0. The number of benzene rings is 2. The van der Waals surface area contributed by atoms with Crippen LogP contribution in [-0.2, 0) is 48.2 Å². The van der Waals surface area contributed by atoms with Crippen molar-refractivity contribution in [1.29, 1.82) is 0 Å². The van der Waals surface area contributed by atoms with Gasteiger partial charge in [0.1, 0.15) is 31.0 Å². The number of nitrogens with zero attached hydrogens (tertiary/aromatic N) is 3. The summed E-state index contributed by atoms with van der Waals surface area (Å²) in [5.74, 6) is 0.845. The molecule has 2 saturated heterocycles. The highest BCUT2D eigenvalue weighted by atomic mass is 16.5. The van der Waals surface area contributed by atoms with Gasteiger partial charge < -0.3 is 42.9 Å². The molecule has 306 valence electrons. The second-order valence-electron chi connectivity index (χ2n) is 12.7. The number of aldehydes is 1. The first-order valence-electron chi connectivity index (χ1n) is 19.5. The number of hydrogen-bond acceptors (Lipinski definition) is 11. The molecule has 2 aromatic carbocycles. The zero-order valence-electron chi connectivity index (χ0n) is 33.1. The summed E-state index contributed by atoms with van der Waals surface area (Å²) >= 11 is 0. The number of aromatic nitrogens is 2. The maximum atomic E-state index is 11.5. The van der Waals surface area contributed by atoms with Crippen molar-refractivity contribution in [2.75, 3.05) is 79.0 Å². The molecule has 2 aromatic heterocycles. The lowest BCUT2D eigenvalue weighted by atomic mass is 10.2. The molecule has 1 N–H and O–H groups in total. The summed E-state index contributed by atoms with van der Waals surface area (Å²) in [7, 11) is 0. The van der Waals surface area contributed by atoms with Gasteiger partial charge in [0.05, 0.1) is 52.7 Å². The van der Waals surface area contributed by atoms with Gasteiger partial charge in [0, 0.05) is 74.2 Å². The van der Waals surface area contributed by atoms with Crippen molar-refractivity contribution in [2.24, 2.45) is 0 Å². The van der Waals surface area contributed by atoms with Crippen molar-refractivity contribution in [2.45, 2.75) is 33.5 Å². The average Bonchev–Trinajstić information content (AvgIpc) is 3.90. The molecule has 0 atom stereocenters. The fourth-order valence-corrected chi connectivity index (χ4v) is 5.72. The van der Waals surface area contributed by atoms with Gasteiger partial charge in [-0.2, -0.15) is 0 Å². The van der Waals surface area contributed by atoms with Crippen LogP contribution in [0.15, 0.2) is 97.3 Å². The van der Waals surface area contributed by atoms with E-state index in [1.807, 2.05) is 64.0 Å². The van der Waals surface area contributed by atoms with Gasteiger partial charge in [0.25, 0.3) is 0 Å². The first kappa shape index (κ1) is 44.2. The monoisotopic (exact) mass is 784 g/mol. The van der Waals surface area contributed by atoms with Gasteiger partial charge in [-0.1, -0.05) is 24.3 Å². The van der Waals surface area contributed by atoms with Gasteiger partial charge in [-0.15, -0.1) is 0 Å². The number of morpholine rings is 2. The number of carbonyl (C=O) groups excluding carboxylic acids is 3. The predicted octanol–water partition coefficient (Wildman–Crippen LogP) is 5.54. The molecule has 0 saturated carbocycles. The Balaban J connectivity index is 0.000000223. The highest BCUT2D eigenvalue weighted by Gasteiger charge is 2.11. The predicted molar refractivity (Wildman–Crippen MR) is 219 cm³/mol. The molecule has 0 aliphatic carbocycles.